The molecule has 2 fully saturated rings. The quantitative estimate of drug-likeness (QED) is 0.473. The zero-order valence-corrected chi connectivity index (χ0v) is 22.8. The molecule has 1 saturated heterocycles. The number of sulfone groups is 1. The topological polar surface area (TPSA) is 136 Å². The summed E-state index contributed by atoms with van der Waals surface area (Å²) in [7, 11) is -3.04. The van der Waals surface area contributed by atoms with Crippen LogP contribution < -0.4 is 11.1 Å². The summed E-state index contributed by atoms with van der Waals surface area (Å²) in [6, 6.07) is 13.5. The van der Waals surface area contributed by atoms with E-state index >= 15 is 0 Å². The molecule has 11 heteroatoms. The lowest BCUT2D eigenvalue weighted by Crippen LogP contribution is -2.47. The van der Waals surface area contributed by atoms with Crippen molar-refractivity contribution in [2.24, 2.45) is 5.73 Å². The Balaban J connectivity index is 0.000000245. The predicted octanol–water partition coefficient (Wildman–Crippen LogP) is 3.39. The summed E-state index contributed by atoms with van der Waals surface area (Å²) in [6.45, 7) is 3.05. The molecule has 2 heterocycles. The predicted molar refractivity (Wildman–Crippen MR) is 147 cm³/mol. The second-order valence-corrected chi connectivity index (χ2v) is 11.5. The maximum atomic E-state index is 12.4. The van der Waals surface area contributed by atoms with Gasteiger partial charge in [0.25, 0.3) is 5.91 Å². The van der Waals surface area contributed by atoms with Crippen molar-refractivity contribution in [3.63, 3.8) is 0 Å². The molecule has 0 bridgehead atoms. The molecule has 210 valence electrons. The minimum atomic E-state index is -3.04. The molecule has 0 unspecified atom stereocenters. The van der Waals surface area contributed by atoms with Crippen LogP contribution in [0.2, 0.25) is 0 Å². The van der Waals surface area contributed by atoms with Gasteiger partial charge in [-0.1, -0.05) is 19.1 Å². The van der Waals surface area contributed by atoms with Crippen LogP contribution in [0.4, 0.5) is 4.39 Å². The molecular formula is C28H35FN4O5S. The van der Waals surface area contributed by atoms with E-state index in [1.165, 1.54) is 47.9 Å². The molecule has 3 N–H and O–H groups in total. The van der Waals surface area contributed by atoms with E-state index in [0.717, 1.165) is 24.4 Å². The molecule has 0 spiro atoms. The van der Waals surface area contributed by atoms with E-state index in [-0.39, 0.29) is 48.8 Å². The molecule has 2 amide bonds. The fourth-order valence-corrected chi connectivity index (χ4v) is 4.81. The number of hydrogen-bond donors (Lipinski definition) is 2. The van der Waals surface area contributed by atoms with Crippen LogP contribution in [0.15, 0.2) is 65.4 Å². The third-order valence-corrected chi connectivity index (χ3v) is 7.74. The van der Waals surface area contributed by atoms with Crippen molar-refractivity contribution < 1.29 is 26.8 Å². The summed E-state index contributed by atoms with van der Waals surface area (Å²) in [6.07, 6.45) is 6.66. The molecule has 2 aromatic carbocycles. The number of amides is 2. The van der Waals surface area contributed by atoms with Crippen LogP contribution in [0.3, 0.4) is 0 Å². The van der Waals surface area contributed by atoms with Crippen LogP contribution in [0.5, 0.6) is 0 Å². The van der Waals surface area contributed by atoms with Gasteiger partial charge in [-0.3, -0.25) is 9.59 Å². The van der Waals surface area contributed by atoms with Crippen molar-refractivity contribution in [3.05, 3.63) is 77.9 Å². The van der Waals surface area contributed by atoms with Gasteiger partial charge in [-0.05, 0) is 73.7 Å². The summed E-state index contributed by atoms with van der Waals surface area (Å²) in [5, 5.41) is 2.55. The summed E-state index contributed by atoms with van der Waals surface area (Å²) < 4.78 is 40.3. The Morgan fingerprint density at radius 3 is 2.21 bits per heavy atom. The molecule has 1 aliphatic carbocycles. The number of halogens is 1. The maximum Gasteiger partial charge on any atom is 0.251 e. The second-order valence-electron chi connectivity index (χ2n) is 9.24. The number of nitrogens with zero attached hydrogens (tertiary/aromatic N) is 2. The second kappa shape index (κ2) is 14.5. The SMILES string of the molecule is CCCN.Fc1ccc(C2CC2)cc1.O=C(NCC(=O)N1CCS(=O)(=O)CC1)c1ccc(-c2ncco2)cc1. The number of carbonyl (C=O) groups is 2. The highest BCUT2D eigenvalue weighted by molar-refractivity contribution is 7.91. The van der Waals surface area contributed by atoms with Gasteiger partial charge in [0.05, 0.1) is 24.2 Å². The van der Waals surface area contributed by atoms with Gasteiger partial charge < -0.3 is 20.4 Å². The highest BCUT2D eigenvalue weighted by atomic mass is 32.2. The van der Waals surface area contributed by atoms with Gasteiger partial charge in [-0.15, -0.1) is 0 Å². The van der Waals surface area contributed by atoms with Crippen molar-refractivity contribution >= 4 is 21.7 Å². The molecule has 5 rings (SSSR count). The third-order valence-electron chi connectivity index (χ3n) is 6.13. The fourth-order valence-electron chi connectivity index (χ4n) is 3.61. The Kier molecular flexibility index (Phi) is 11.2. The normalized spacial score (nSPS) is 15.7. The van der Waals surface area contributed by atoms with E-state index in [2.05, 4.69) is 17.2 Å². The molecule has 0 atom stereocenters. The Hall–Kier alpha value is -3.57. The molecular weight excluding hydrogens is 523 g/mol. The summed E-state index contributed by atoms with van der Waals surface area (Å²) in [5.41, 5.74) is 7.47. The number of rotatable bonds is 6. The van der Waals surface area contributed by atoms with E-state index in [1.54, 1.807) is 24.3 Å². The maximum absolute atomic E-state index is 12.4. The number of nitrogens with one attached hydrogen (secondary N) is 1. The Labute approximate surface area is 228 Å². The summed E-state index contributed by atoms with van der Waals surface area (Å²) in [5.74, 6) is 0.327. The largest absolute Gasteiger partial charge is 0.445 e. The van der Waals surface area contributed by atoms with Crippen molar-refractivity contribution in [1.82, 2.24) is 15.2 Å². The number of benzene rings is 2. The monoisotopic (exact) mass is 558 g/mol. The van der Waals surface area contributed by atoms with Crippen LogP contribution >= 0.6 is 0 Å². The molecule has 3 aromatic rings. The van der Waals surface area contributed by atoms with Gasteiger partial charge in [-0.25, -0.2) is 17.8 Å². The third kappa shape index (κ3) is 9.92. The van der Waals surface area contributed by atoms with Gasteiger partial charge in [0, 0.05) is 24.2 Å². The number of aromatic nitrogens is 1. The van der Waals surface area contributed by atoms with Crippen LogP contribution in [0.25, 0.3) is 11.5 Å². The molecule has 1 aliphatic heterocycles. The highest BCUT2D eigenvalue weighted by Crippen LogP contribution is 2.39. The summed E-state index contributed by atoms with van der Waals surface area (Å²) in [4.78, 5) is 29.6. The molecule has 1 saturated carbocycles. The van der Waals surface area contributed by atoms with Crippen molar-refractivity contribution in [2.45, 2.75) is 32.1 Å². The molecule has 0 radical (unpaired) electrons. The smallest absolute Gasteiger partial charge is 0.251 e. The minimum absolute atomic E-state index is 0.0328. The first kappa shape index (κ1) is 30.0. The first-order valence-corrected chi connectivity index (χ1v) is 14.8. The first-order valence-electron chi connectivity index (χ1n) is 12.9. The molecule has 9 nitrogen and oxygen atoms in total. The molecule has 39 heavy (non-hydrogen) atoms. The number of nitrogens with two attached hydrogens (primary N) is 1. The Morgan fingerprint density at radius 1 is 1.08 bits per heavy atom. The average Bonchev–Trinajstić information content (AvgIpc) is 3.65. The zero-order valence-electron chi connectivity index (χ0n) is 22.0. The lowest BCUT2D eigenvalue weighted by atomic mass is 10.1. The highest BCUT2D eigenvalue weighted by Gasteiger charge is 2.25. The van der Waals surface area contributed by atoms with Gasteiger partial charge >= 0.3 is 0 Å². The van der Waals surface area contributed by atoms with Crippen LogP contribution in [-0.2, 0) is 14.6 Å². The van der Waals surface area contributed by atoms with Crippen LogP contribution in [-0.4, -0.2) is 67.8 Å². The average molecular weight is 559 g/mol. The number of carbonyl (C=O) groups excluding carboxylic acids is 2. The Morgan fingerprint density at radius 2 is 1.69 bits per heavy atom. The van der Waals surface area contributed by atoms with Crippen molar-refractivity contribution in [1.29, 1.82) is 0 Å². The lowest BCUT2D eigenvalue weighted by Gasteiger charge is -2.26. The van der Waals surface area contributed by atoms with Gasteiger partial charge in [0.1, 0.15) is 12.1 Å². The van der Waals surface area contributed by atoms with Gasteiger partial charge in [0.2, 0.25) is 11.8 Å². The number of hydrogen-bond acceptors (Lipinski definition) is 7. The first-order chi connectivity index (χ1) is 18.7. The fraction of sp³-hybridized carbons (Fsp3) is 0.393. The summed E-state index contributed by atoms with van der Waals surface area (Å²) >= 11 is 0. The van der Waals surface area contributed by atoms with E-state index in [0.29, 0.717) is 11.5 Å². The van der Waals surface area contributed by atoms with E-state index in [1.807, 2.05) is 12.1 Å². The van der Waals surface area contributed by atoms with E-state index < -0.39 is 9.84 Å². The van der Waals surface area contributed by atoms with Gasteiger partial charge in [-0.2, -0.15) is 0 Å². The standard InChI is InChI=1S/C16H17N3O5S.C9H9F.C3H9N/c20-14(19-6-9-25(22,23)10-7-19)11-18-15(21)12-1-3-13(4-2-12)16-17-5-8-24-16;10-9-5-3-8(4-6-9)7-1-2-7;1-2-3-4/h1-5,8H,6-7,9-11H2,(H,18,21);3-7H,1-2H2;2-4H2,1H3. The number of oxazole rings is 1. The zero-order chi connectivity index (χ0) is 28.3. The minimum Gasteiger partial charge on any atom is -0.445 e. The molecule has 1 aromatic heterocycles. The van der Waals surface area contributed by atoms with Crippen LogP contribution in [0.1, 0.15) is 48.0 Å². The van der Waals surface area contributed by atoms with E-state index in [4.69, 9.17) is 10.2 Å². The lowest BCUT2D eigenvalue weighted by molar-refractivity contribution is -0.129. The van der Waals surface area contributed by atoms with Crippen molar-refractivity contribution in [2.75, 3.05) is 37.7 Å². The van der Waals surface area contributed by atoms with Crippen molar-refractivity contribution in [3.8, 4) is 11.5 Å². The molecule has 2 aliphatic rings. The van der Waals surface area contributed by atoms with Gasteiger partial charge in [0.15, 0.2) is 9.84 Å². The van der Waals surface area contributed by atoms with Crippen LogP contribution in [0, 0.1) is 5.82 Å². The Bertz CT molecular complexity index is 1280. The van der Waals surface area contributed by atoms with E-state index in [9.17, 15) is 22.4 Å².